The highest BCUT2D eigenvalue weighted by Crippen LogP contribution is 2.32. The third-order valence-electron chi connectivity index (χ3n) is 3.82. The molecule has 0 saturated heterocycles. The van der Waals surface area contributed by atoms with E-state index < -0.39 is 6.09 Å². The number of ether oxygens (including phenoxy) is 2. The molecule has 0 aliphatic heterocycles. The van der Waals surface area contributed by atoms with Crippen molar-refractivity contribution in [2.75, 3.05) is 23.9 Å². The molecule has 3 aromatic carbocycles. The summed E-state index contributed by atoms with van der Waals surface area (Å²) in [6.07, 6.45) is -0.605. The van der Waals surface area contributed by atoms with Gasteiger partial charge in [0.1, 0.15) is 11.5 Å². The van der Waals surface area contributed by atoms with E-state index in [1.165, 1.54) is 0 Å². The highest BCUT2D eigenvalue weighted by molar-refractivity contribution is 5.91. The molecule has 0 radical (unpaired) electrons. The van der Waals surface area contributed by atoms with Crippen LogP contribution < -0.4 is 26.3 Å². The third-order valence-corrected chi connectivity index (χ3v) is 3.82. The van der Waals surface area contributed by atoms with Crippen LogP contribution >= 0.6 is 0 Å². The lowest BCUT2D eigenvalue weighted by Gasteiger charge is -2.12. The highest BCUT2D eigenvalue weighted by Gasteiger charge is 2.10. The van der Waals surface area contributed by atoms with E-state index in [0.717, 1.165) is 11.1 Å². The first-order valence-corrected chi connectivity index (χ1v) is 7.94. The zero-order chi connectivity index (χ0) is 18.5. The molecule has 0 heterocycles. The van der Waals surface area contributed by atoms with Gasteiger partial charge in [0, 0.05) is 28.2 Å². The zero-order valence-electron chi connectivity index (χ0n) is 14.2. The number of nitrogens with one attached hydrogen (secondary N) is 1. The van der Waals surface area contributed by atoms with Gasteiger partial charge in [-0.2, -0.15) is 0 Å². The molecular weight excluding hydrogens is 330 g/mol. The second-order valence-corrected chi connectivity index (χ2v) is 5.58. The molecule has 0 bridgehead atoms. The van der Waals surface area contributed by atoms with Gasteiger partial charge in [-0.1, -0.05) is 18.2 Å². The largest absolute Gasteiger partial charge is 0.497 e. The van der Waals surface area contributed by atoms with Crippen LogP contribution in [0.15, 0.2) is 66.7 Å². The van der Waals surface area contributed by atoms with Crippen LogP contribution in [0.25, 0.3) is 11.1 Å². The molecular formula is C20H19N3O3. The topological polar surface area (TPSA) is 99.6 Å². The molecule has 0 saturated carbocycles. The number of amides is 1. The third kappa shape index (κ3) is 3.87. The minimum atomic E-state index is -0.605. The monoisotopic (exact) mass is 349 g/mol. The number of carbonyl (C=O) groups is 1. The van der Waals surface area contributed by atoms with Gasteiger partial charge in [0.15, 0.2) is 0 Å². The van der Waals surface area contributed by atoms with Gasteiger partial charge < -0.3 is 20.9 Å². The fourth-order valence-corrected chi connectivity index (χ4v) is 2.50. The van der Waals surface area contributed by atoms with E-state index in [2.05, 4.69) is 5.32 Å². The Labute approximate surface area is 151 Å². The van der Waals surface area contributed by atoms with Gasteiger partial charge in [0.05, 0.1) is 7.11 Å². The van der Waals surface area contributed by atoms with E-state index >= 15 is 0 Å². The smallest absolute Gasteiger partial charge is 0.417 e. The van der Waals surface area contributed by atoms with Crippen LogP contribution in [0, 0.1) is 0 Å². The summed E-state index contributed by atoms with van der Waals surface area (Å²) in [6, 6.07) is 19.3. The maximum Gasteiger partial charge on any atom is 0.417 e. The molecule has 3 aromatic rings. The Balaban J connectivity index is 1.76. The van der Waals surface area contributed by atoms with Crippen molar-refractivity contribution in [3.63, 3.8) is 0 Å². The van der Waals surface area contributed by atoms with Crippen LogP contribution in [0.1, 0.15) is 0 Å². The van der Waals surface area contributed by atoms with Crippen LogP contribution in [-0.4, -0.2) is 13.2 Å². The van der Waals surface area contributed by atoms with Gasteiger partial charge in [-0.05, 0) is 48.5 Å². The van der Waals surface area contributed by atoms with Gasteiger partial charge in [0.2, 0.25) is 0 Å². The molecule has 6 heteroatoms. The molecule has 0 fully saturated rings. The van der Waals surface area contributed by atoms with Gasteiger partial charge in [-0.15, -0.1) is 0 Å². The number of hydrogen-bond acceptors (Lipinski definition) is 5. The van der Waals surface area contributed by atoms with Crippen LogP contribution in [-0.2, 0) is 0 Å². The summed E-state index contributed by atoms with van der Waals surface area (Å²) in [5, 5.41) is 2.69. The summed E-state index contributed by atoms with van der Waals surface area (Å²) in [6.45, 7) is 0. The van der Waals surface area contributed by atoms with E-state index in [1.807, 2.05) is 18.2 Å². The molecule has 6 nitrogen and oxygen atoms in total. The SMILES string of the molecule is COc1ccc(OC(=O)Nc2ccc(N)c(-c3ccccc3N)c2)cc1. The fraction of sp³-hybridized carbons (Fsp3) is 0.0500. The van der Waals surface area contributed by atoms with Gasteiger partial charge in [-0.3, -0.25) is 5.32 Å². The summed E-state index contributed by atoms with van der Waals surface area (Å²) < 4.78 is 10.3. The minimum absolute atomic E-state index is 0.409. The van der Waals surface area contributed by atoms with Crippen molar-refractivity contribution in [1.29, 1.82) is 0 Å². The Morgan fingerprint density at radius 2 is 1.50 bits per heavy atom. The van der Waals surface area contributed by atoms with Crippen molar-refractivity contribution in [2.24, 2.45) is 0 Å². The number of benzene rings is 3. The summed E-state index contributed by atoms with van der Waals surface area (Å²) in [7, 11) is 1.57. The Kier molecular flexibility index (Phi) is 4.94. The maximum atomic E-state index is 12.1. The fourth-order valence-electron chi connectivity index (χ4n) is 2.50. The lowest BCUT2D eigenvalue weighted by atomic mass is 10.0. The van der Waals surface area contributed by atoms with Crippen LogP contribution in [0.3, 0.4) is 0 Å². The second-order valence-electron chi connectivity index (χ2n) is 5.58. The molecule has 0 atom stereocenters. The number of nitrogen functional groups attached to an aromatic ring is 2. The Morgan fingerprint density at radius 1 is 0.846 bits per heavy atom. The van der Waals surface area contributed by atoms with Crippen molar-refractivity contribution >= 4 is 23.2 Å². The number of carbonyl (C=O) groups excluding carboxylic acids is 1. The van der Waals surface area contributed by atoms with Crippen LogP contribution in [0.2, 0.25) is 0 Å². The first-order chi connectivity index (χ1) is 12.6. The average Bonchev–Trinajstić information content (AvgIpc) is 2.64. The van der Waals surface area contributed by atoms with E-state index in [1.54, 1.807) is 55.6 Å². The number of anilines is 3. The van der Waals surface area contributed by atoms with Gasteiger partial charge >= 0.3 is 6.09 Å². The number of para-hydroxylation sites is 1. The molecule has 0 aromatic heterocycles. The summed E-state index contributed by atoms with van der Waals surface area (Å²) in [5.74, 6) is 1.09. The lowest BCUT2D eigenvalue weighted by Crippen LogP contribution is -2.16. The number of nitrogens with two attached hydrogens (primary N) is 2. The summed E-state index contributed by atoms with van der Waals surface area (Å²) in [4.78, 5) is 12.1. The predicted molar refractivity (Wildman–Crippen MR) is 103 cm³/mol. The summed E-state index contributed by atoms with van der Waals surface area (Å²) >= 11 is 0. The first kappa shape index (κ1) is 17.2. The number of methoxy groups -OCH3 is 1. The van der Waals surface area contributed by atoms with E-state index in [9.17, 15) is 4.79 Å². The van der Waals surface area contributed by atoms with Crippen molar-refractivity contribution in [3.8, 4) is 22.6 Å². The van der Waals surface area contributed by atoms with E-state index in [4.69, 9.17) is 20.9 Å². The van der Waals surface area contributed by atoms with E-state index in [0.29, 0.717) is 28.6 Å². The summed E-state index contributed by atoms with van der Waals surface area (Å²) in [5.41, 5.74) is 15.4. The molecule has 1 amide bonds. The Hall–Kier alpha value is -3.67. The lowest BCUT2D eigenvalue weighted by molar-refractivity contribution is 0.215. The molecule has 132 valence electrons. The van der Waals surface area contributed by atoms with Crippen molar-refractivity contribution in [1.82, 2.24) is 0 Å². The minimum Gasteiger partial charge on any atom is -0.497 e. The maximum absolute atomic E-state index is 12.1. The molecule has 5 N–H and O–H groups in total. The zero-order valence-corrected chi connectivity index (χ0v) is 14.2. The average molecular weight is 349 g/mol. The molecule has 0 spiro atoms. The van der Waals surface area contributed by atoms with Gasteiger partial charge in [-0.25, -0.2) is 4.79 Å². The number of rotatable bonds is 4. The second kappa shape index (κ2) is 7.48. The Bertz CT molecular complexity index is 924. The van der Waals surface area contributed by atoms with Crippen molar-refractivity contribution in [3.05, 3.63) is 66.7 Å². The Morgan fingerprint density at radius 3 is 2.19 bits per heavy atom. The molecule has 0 aliphatic carbocycles. The standard InChI is InChI=1S/C20H19N3O3/c1-25-14-7-9-15(10-8-14)26-20(24)23-13-6-11-19(22)17(12-13)16-4-2-3-5-18(16)21/h2-12H,21-22H2,1H3,(H,23,24). The predicted octanol–water partition coefficient (Wildman–Crippen LogP) is 4.14. The molecule has 0 unspecified atom stereocenters. The van der Waals surface area contributed by atoms with Gasteiger partial charge in [0.25, 0.3) is 0 Å². The highest BCUT2D eigenvalue weighted by atomic mass is 16.6. The molecule has 3 rings (SSSR count). The van der Waals surface area contributed by atoms with Crippen LogP contribution in [0.5, 0.6) is 11.5 Å². The number of hydrogen-bond donors (Lipinski definition) is 3. The van der Waals surface area contributed by atoms with Crippen molar-refractivity contribution < 1.29 is 14.3 Å². The van der Waals surface area contributed by atoms with Crippen LogP contribution in [0.4, 0.5) is 21.9 Å². The first-order valence-electron chi connectivity index (χ1n) is 7.94. The van der Waals surface area contributed by atoms with E-state index in [-0.39, 0.29) is 0 Å². The normalized spacial score (nSPS) is 10.2. The quantitative estimate of drug-likeness (QED) is 0.615. The molecule has 0 aliphatic rings. The van der Waals surface area contributed by atoms with Crippen molar-refractivity contribution in [2.45, 2.75) is 0 Å². The molecule has 26 heavy (non-hydrogen) atoms.